The number of nitrogens with two attached hydrogens (primary N) is 1. The predicted octanol–water partition coefficient (Wildman–Crippen LogP) is 5.41. The van der Waals surface area contributed by atoms with E-state index in [2.05, 4.69) is 73.5 Å². The van der Waals surface area contributed by atoms with Crippen LogP contribution in [0.5, 0.6) is 5.75 Å². The van der Waals surface area contributed by atoms with Crippen LogP contribution in [0.1, 0.15) is 54.4 Å². The number of quaternary nitrogens is 1. The first-order chi connectivity index (χ1) is 30.6. The van der Waals surface area contributed by atoms with E-state index in [0.717, 1.165) is 81.8 Å². The summed E-state index contributed by atoms with van der Waals surface area (Å²) in [6, 6.07) is 10.3. The SMILES string of the molecule is CCN(CC)CCCN=c1nc([N+](CC)(CC)CCCN)[nH]c(=Nc2cccc(NN=C3C=C(C)C(=NN=C4C=CC(O)=C(N=Nc5cc(S(=O)(=O)O)ccc5O)C4=O)C=C3C)c2)[nH]1. The number of nitrogens with zero attached hydrogens (tertiary/aromatic N) is 10. The van der Waals surface area contributed by atoms with Gasteiger partial charge in [0.2, 0.25) is 17.0 Å². The molecular formula is C43H57N14O6S+. The number of aliphatic hydroxyl groups excluding tert-OH is 1. The van der Waals surface area contributed by atoms with E-state index in [0.29, 0.717) is 57.2 Å². The third-order valence-electron chi connectivity index (χ3n) is 10.7. The Labute approximate surface area is 372 Å². The van der Waals surface area contributed by atoms with Crippen molar-refractivity contribution in [2.24, 2.45) is 41.3 Å². The first kappa shape index (κ1) is 48.5. The summed E-state index contributed by atoms with van der Waals surface area (Å²) in [6.07, 6.45) is 7.77. The summed E-state index contributed by atoms with van der Waals surface area (Å²) in [7, 11) is -4.61. The van der Waals surface area contributed by atoms with Crippen LogP contribution in [0.15, 0.2) is 130 Å². The Morgan fingerprint density at radius 2 is 1.61 bits per heavy atom. The number of rotatable bonds is 19. The number of aromatic nitrogens is 3. The standard InChI is InChI=1S/C43H56N14O6S/c1-7-56(8-2)22-13-21-45-41-47-42(49-43(48-41)57(9-3,10-4)23-12-20-44)46-30-14-11-15-31(26-30)50-52-34-24-29(6)35(25-28(34)5)53-51-33-17-19-38(59)39(40(33)60)55-54-36-27-32(64(61,62)63)16-18-37(36)58/h11,14-19,24-27H,7-10,12-13,20-23,44H2,1-6H3,(H5-,45,46,47,48,49,50,51,52,53,54,55,58,59,60,61,62,63)/p+1. The number of aromatic amines is 2. The number of benzene rings is 2. The van der Waals surface area contributed by atoms with Crippen LogP contribution in [0.2, 0.25) is 0 Å². The van der Waals surface area contributed by atoms with Crippen molar-refractivity contribution >= 4 is 56.0 Å². The second-order valence-electron chi connectivity index (χ2n) is 14.9. The van der Waals surface area contributed by atoms with Crippen LogP contribution in [0.3, 0.4) is 0 Å². The highest BCUT2D eigenvalue weighted by Gasteiger charge is 2.29. The fraction of sp³-hybridized carbons (Fsp3) is 0.372. The highest BCUT2D eigenvalue weighted by Crippen LogP contribution is 2.30. The van der Waals surface area contributed by atoms with E-state index in [1.807, 2.05) is 44.2 Å². The predicted molar refractivity (Wildman–Crippen MR) is 249 cm³/mol. The van der Waals surface area contributed by atoms with Gasteiger partial charge in [-0.25, -0.2) is 4.99 Å². The van der Waals surface area contributed by atoms with Crippen LogP contribution < -0.4 is 26.9 Å². The number of aliphatic hydroxyl groups is 1. The molecule has 340 valence electrons. The molecule has 8 N–H and O–H groups in total. The molecule has 0 amide bonds. The van der Waals surface area contributed by atoms with E-state index in [1.54, 1.807) is 6.08 Å². The zero-order valence-electron chi connectivity index (χ0n) is 36.9. The highest BCUT2D eigenvalue weighted by molar-refractivity contribution is 7.85. The van der Waals surface area contributed by atoms with Gasteiger partial charge < -0.3 is 20.8 Å². The number of nitrogens with one attached hydrogen (secondary N) is 3. The third-order valence-corrected chi connectivity index (χ3v) is 11.5. The number of hydrazone groups is 1. The molecule has 0 saturated carbocycles. The van der Waals surface area contributed by atoms with Crippen molar-refractivity contribution in [2.75, 3.05) is 57.8 Å². The summed E-state index contributed by atoms with van der Waals surface area (Å²) >= 11 is 0. The van der Waals surface area contributed by atoms with Gasteiger partial charge in [-0.05, 0) is 132 Å². The number of carbonyl (C=O) groups is 1. The lowest BCUT2D eigenvalue weighted by Crippen LogP contribution is -2.53. The fourth-order valence-electron chi connectivity index (χ4n) is 6.71. The van der Waals surface area contributed by atoms with Crippen LogP contribution in [-0.4, -0.2) is 118 Å². The molecule has 2 aromatic carbocycles. The maximum Gasteiger partial charge on any atom is 0.312 e. The number of ketones is 1. The number of phenols is 1. The van der Waals surface area contributed by atoms with Crippen LogP contribution in [0.25, 0.3) is 0 Å². The van der Waals surface area contributed by atoms with Crippen molar-refractivity contribution in [3.05, 3.63) is 101 Å². The van der Waals surface area contributed by atoms with E-state index in [1.165, 1.54) is 12.2 Å². The minimum atomic E-state index is -4.61. The fourth-order valence-corrected chi connectivity index (χ4v) is 7.21. The van der Waals surface area contributed by atoms with Gasteiger partial charge in [0.15, 0.2) is 5.70 Å². The Morgan fingerprint density at radius 1 is 0.891 bits per heavy atom. The van der Waals surface area contributed by atoms with E-state index in [9.17, 15) is 28.0 Å². The van der Waals surface area contributed by atoms with Gasteiger partial charge in [0.1, 0.15) is 22.9 Å². The van der Waals surface area contributed by atoms with Crippen molar-refractivity contribution in [3.8, 4) is 5.75 Å². The van der Waals surface area contributed by atoms with Gasteiger partial charge in [-0.2, -0.15) is 18.6 Å². The van der Waals surface area contributed by atoms with Crippen molar-refractivity contribution < 1.29 is 28.0 Å². The number of phenolic OH excluding ortho intramolecular Hbond substituents is 1. The zero-order chi connectivity index (χ0) is 46.4. The average molecular weight is 898 g/mol. The van der Waals surface area contributed by atoms with Crippen molar-refractivity contribution in [2.45, 2.75) is 59.3 Å². The van der Waals surface area contributed by atoms with Gasteiger partial charge in [0.05, 0.1) is 47.3 Å². The first-order valence-electron chi connectivity index (χ1n) is 21.0. The quantitative estimate of drug-likeness (QED) is 0.0153. The average Bonchev–Trinajstić information content (AvgIpc) is 3.27. The highest BCUT2D eigenvalue weighted by atomic mass is 32.2. The third kappa shape index (κ3) is 12.6. The normalized spacial score (nSPS) is 17.5. The molecular weight excluding hydrogens is 841 g/mol. The van der Waals surface area contributed by atoms with Crippen LogP contribution in [0, 0.1) is 0 Å². The van der Waals surface area contributed by atoms with Crippen molar-refractivity contribution in [1.82, 2.24) is 24.3 Å². The molecule has 64 heavy (non-hydrogen) atoms. The lowest BCUT2D eigenvalue weighted by Gasteiger charge is -2.33. The Hall–Kier alpha value is -6.52. The second-order valence-corrected chi connectivity index (χ2v) is 16.3. The number of hydrogen-bond acceptors (Lipinski definition) is 16. The van der Waals surface area contributed by atoms with Gasteiger partial charge in [-0.3, -0.25) is 34.2 Å². The summed E-state index contributed by atoms with van der Waals surface area (Å²) in [5.74, 6) is -1.07. The van der Waals surface area contributed by atoms with Crippen LogP contribution >= 0.6 is 0 Å². The molecule has 0 saturated heterocycles. The van der Waals surface area contributed by atoms with Gasteiger partial charge in [-0.1, -0.05) is 19.9 Å². The summed E-state index contributed by atoms with van der Waals surface area (Å²) in [4.78, 5) is 36.5. The topological polar surface area (TPSA) is 284 Å². The maximum atomic E-state index is 13.2. The van der Waals surface area contributed by atoms with Gasteiger partial charge in [0.25, 0.3) is 10.1 Å². The Balaban J connectivity index is 1.35. The molecule has 5 rings (SSSR count). The molecule has 0 aliphatic heterocycles. The molecule has 3 aromatic rings. The molecule has 2 aliphatic carbocycles. The second kappa shape index (κ2) is 22.2. The largest absolute Gasteiger partial charge is 0.506 e. The molecule has 0 radical (unpaired) electrons. The van der Waals surface area contributed by atoms with E-state index < -0.39 is 38.0 Å². The molecule has 1 aromatic heterocycles. The summed E-state index contributed by atoms with van der Waals surface area (Å²) in [5, 5.41) is 40.9. The number of aromatic hydroxyl groups is 1. The first-order valence-corrected chi connectivity index (χ1v) is 22.5. The zero-order valence-corrected chi connectivity index (χ0v) is 37.8. The molecule has 2 aliphatic rings. The molecule has 0 atom stereocenters. The molecule has 1 heterocycles. The number of allylic oxidation sites excluding steroid dienone is 7. The molecule has 0 unspecified atom stereocenters. The minimum absolute atomic E-state index is 0.171. The lowest BCUT2D eigenvalue weighted by atomic mass is 9.98. The Morgan fingerprint density at radius 3 is 2.31 bits per heavy atom. The number of Topliss-reactive ketones (excluding diaryl/α,β-unsaturated/α-hetero) is 1. The number of H-pyrrole nitrogens is 2. The summed E-state index contributed by atoms with van der Waals surface area (Å²) in [5.41, 5.74) is 12.9. The number of carbonyl (C=O) groups excluding carboxylic acids is 1. The summed E-state index contributed by atoms with van der Waals surface area (Å²) in [6.45, 7) is 18.9. The summed E-state index contributed by atoms with van der Waals surface area (Å²) < 4.78 is 33.0. The molecule has 21 heteroatoms. The molecule has 0 bridgehead atoms. The van der Waals surface area contributed by atoms with E-state index in [4.69, 9.17) is 20.7 Å². The Kier molecular flexibility index (Phi) is 16.8. The maximum absolute atomic E-state index is 13.2. The van der Waals surface area contributed by atoms with Crippen LogP contribution in [-0.2, 0) is 14.9 Å². The number of azo groups is 1. The minimum Gasteiger partial charge on any atom is -0.506 e. The lowest BCUT2D eigenvalue weighted by molar-refractivity contribution is -0.110. The van der Waals surface area contributed by atoms with Crippen LogP contribution in [0.4, 0.5) is 23.0 Å². The van der Waals surface area contributed by atoms with Gasteiger partial charge in [-0.15, -0.1) is 20.3 Å². The molecule has 0 spiro atoms. The number of hydrogen-bond donors (Lipinski definition) is 7. The smallest absolute Gasteiger partial charge is 0.312 e. The molecule has 0 fully saturated rings. The monoisotopic (exact) mass is 897 g/mol. The van der Waals surface area contributed by atoms with Crippen molar-refractivity contribution in [1.29, 1.82) is 0 Å². The van der Waals surface area contributed by atoms with Gasteiger partial charge >= 0.3 is 5.95 Å². The Bertz CT molecular complexity index is 2720. The van der Waals surface area contributed by atoms with E-state index >= 15 is 0 Å². The van der Waals surface area contributed by atoms with Crippen molar-refractivity contribution in [3.63, 3.8) is 0 Å². The molecule has 20 nitrogen and oxygen atoms in total. The van der Waals surface area contributed by atoms with E-state index in [-0.39, 0.29) is 11.4 Å². The van der Waals surface area contributed by atoms with Gasteiger partial charge in [0, 0.05) is 13.0 Å². The number of anilines is 1.